The van der Waals surface area contributed by atoms with Crippen molar-refractivity contribution in [2.24, 2.45) is 11.8 Å². The van der Waals surface area contributed by atoms with Gasteiger partial charge in [-0.25, -0.2) is 0 Å². The Balaban J connectivity index is 1.43. The molecule has 4 atom stereocenters. The van der Waals surface area contributed by atoms with Gasteiger partial charge in [0.1, 0.15) is 0 Å². The van der Waals surface area contributed by atoms with E-state index in [0.29, 0.717) is 30.4 Å². The number of halogens is 2. The summed E-state index contributed by atoms with van der Waals surface area (Å²) >= 11 is 0. The maximum Gasteiger partial charge on any atom is 0.586 e. The smallest absolute Gasteiger partial charge is 0.395 e. The molecule has 0 unspecified atom stereocenters. The van der Waals surface area contributed by atoms with Crippen LogP contribution in [0.2, 0.25) is 0 Å². The molecule has 0 bridgehead atoms. The van der Waals surface area contributed by atoms with Gasteiger partial charge in [-0.15, -0.1) is 8.78 Å². The zero-order valence-corrected chi connectivity index (χ0v) is 14.5. The molecule has 2 aliphatic heterocycles. The van der Waals surface area contributed by atoms with Crippen molar-refractivity contribution in [3.8, 4) is 11.5 Å². The second-order valence-electron chi connectivity index (χ2n) is 7.47. The predicted octanol–water partition coefficient (Wildman–Crippen LogP) is 1.72. The molecule has 2 N–H and O–H groups in total. The molecule has 1 amide bonds. The number of aliphatic hydroxyl groups is 1. The van der Waals surface area contributed by atoms with Crippen LogP contribution in [0.3, 0.4) is 0 Å². The zero-order chi connectivity index (χ0) is 18.5. The minimum atomic E-state index is -3.62. The Morgan fingerprint density at radius 2 is 2.04 bits per heavy atom. The first-order valence-electron chi connectivity index (χ1n) is 8.86. The molecule has 1 aromatic rings. The molecule has 142 valence electrons. The molecule has 1 aliphatic carbocycles. The molecule has 8 heteroatoms. The lowest BCUT2D eigenvalue weighted by atomic mass is 9.77. The lowest BCUT2D eigenvalue weighted by Gasteiger charge is -2.35. The number of carbonyl (C=O) groups is 1. The minimum absolute atomic E-state index is 0.0604. The van der Waals surface area contributed by atoms with Crippen molar-refractivity contribution in [1.29, 1.82) is 0 Å². The van der Waals surface area contributed by atoms with Gasteiger partial charge in [0.2, 0.25) is 5.91 Å². The zero-order valence-electron chi connectivity index (χ0n) is 14.5. The number of aliphatic hydroxyl groups excluding tert-OH is 1. The molecule has 0 aromatic heterocycles. The third kappa shape index (κ3) is 3.35. The molecule has 4 rings (SSSR count). The predicted molar refractivity (Wildman–Crippen MR) is 87.7 cm³/mol. The molecule has 2 fully saturated rings. The van der Waals surface area contributed by atoms with Gasteiger partial charge in [0.25, 0.3) is 0 Å². The number of amides is 1. The summed E-state index contributed by atoms with van der Waals surface area (Å²) < 4.78 is 35.9. The fourth-order valence-corrected chi connectivity index (χ4v) is 4.46. The van der Waals surface area contributed by atoms with E-state index in [0.717, 1.165) is 19.5 Å². The molecule has 1 saturated carbocycles. The van der Waals surface area contributed by atoms with Gasteiger partial charge < -0.3 is 19.9 Å². The SMILES string of the molecule is CC(=O)N[C@@H]1C[C@@H]2CN(Cc3cccc4c3OC(F)(F)O4)C[C@@H]2C[C@H]1O. The molecule has 0 radical (unpaired) electrons. The van der Waals surface area contributed by atoms with E-state index in [-0.39, 0.29) is 23.4 Å². The van der Waals surface area contributed by atoms with E-state index in [9.17, 15) is 18.7 Å². The molecular weight excluding hydrogens is 346 g/mol. The first kappa shape index (κ1) is 17.5. The van der Waals surface area contributed by atoms with Crippen LogP contribution in [0.25, 0.3) is 0 Å². The molecule has 2 heterocycles. The fraction of sp³-hybridized carbons (Fsp3) is 0.611. The maximum absolute atomic E-state index is 13.3. The first-order valence-corrected chi connectivity index (χ1v) is 8.86. The number of hydrogen-bond acceptors (Lipinski definition) is 5. The van der Waals surface area contributed by atoms with Crippen molar-refractivity contribution in [1.82, 2.24) is 10.2 Å². The second-order valence-corrected chi connectivity index (χ2v) is 7.47. The first-order chi connectivity index (χ1) is 12.3. The normalized spacial score (nSPS) is 32.3. The number of para-hydroxylation sites is 1. The van der Waals surface area contributed by atoms with Crippen LogP contribution in [0.5, 0.6) is 11.5 Å². The van der Waals surface area contributed by atoms with Gasteiger partial charge in [0.15, 0.2) is 11.5 Å². The lowest BCUT2D eigenvalue weighted by molar-refractivity contribution is -0.287. The highest BCUT2D eigenvalue weighted by Crippen LogP contribution is 2.44. The molecule has 3 aliphatic rings. The largest absolute Gasteiger partial charge is 0.586 e. The standard InChI is InChI=1S/C18H22F2N2O4/c1-10(23)21-14-5-12-8-22(9-13(12)6-15(14)24)7-11-3-2-4-16-17(11)26-18(19,20)25-16/h2-4,12-15,24H,5-9H2,1H3,(H,21,23)/t12-,13+,14-,15-/m1/s1. The summed E-state index contributed by atoms with van der Waals surface area (Å²) in [6.07, 6.45) is -2.80. The molecule has 26 heavy (non-hydrogen) atoms. The summed E-state index contributed by atoms with van der Waals surface area (Å²) in [6.45, 7) is 3.52. The Labute approximate surface area is 150 Å². The van der Waals surface area contributed by atoms with Gasteiger partial charge in [-0.2, -0.15) is 0 Å². The summed E-state index contributed by atoms with van der Waals surface area (Å²) in [5.41, 5.74) is 0.664. The number of fused-ring (bicyclic) bond motifs is 2. The van der Waals surface area contributed by atoms with E-state index in [2.05, 4.69) is 19.7 Å². The van der Waals surface area contributed by atoms with Gasteiger partial charge in [-0.05, 0) is 30.7 Å². The van der Waals surface area contributed by atoms with Crippen LogP contribution in [0.1, 0.15) is 25.3 Å². The average molecular weight is 368 g/mol. The Morgan fingerprint density at radius 3 is 2.77 bits per heavy atom. The third-order valence-electron chi connectivity index (χ3n) is 5.51. The fourth-order valence-electron chi connectivity index (χ4n) is 4.46. The van der Waals surface area contributed by atoms with Gasteiger partial charge in [-0.3, -0.25) is 9.69 Å². The van der Waals surface area contributed by atoms with Crippen LogP contribution >= 0.6 is 0 Å². The van der Waals surface area contributed by atoms with Crippen molar-refractivity contribution >= 4 is 5.91 Å². The summed E-state index contributed by atoms with van der Waals surface area (Å²) in [7, 11) is 0. The minimum Gasteiger partial charge on any atom is -0.395 e. The Kier molecular flexibility index (Phi) is 4.27. The Hall–Kier alpha value is -1.93. The quantitative estimate of drug-likeness (QED) is 0.850. The van der Waals surface area contributed by atoms with Crippen LogP contribution in [-0.4, -0.2) is 47.4 Å². The maximum atomic E-state index is 13.3. The van der Waals surface area contributed by atoms with E-state index in [1.165, 1.54) is 13.0 Å². The number of alkyl halides is 2. The molecule has 1 aromatic carbocycles. The number of hydrogen-bond donors (Lipinski definition) is 2. The summed E-state index contributed by atoms with van der Waals surface area (Å²) in [6, 6.07) is 4.70. The van der Waals surface area contributed by atoms with E-state index in [1.54, 1.807) is 12.1 Å². The van der Waals surface area contributed by atoms with Crippen LogP contribution in [0, 0.1) is 11.8 Å². The Morgan fingerprint density at radius 1 is 1.31 bits per heavy atom. The summed E-state index contributed by atoms with van der Waals surface area (Å²) in [4.78, 5) is 13.5. The van der Waals surface area contributed by atoms with Gasteiger partial charge in [-0.1, -0.05) is 12.1 Å². The van der Waals surface area contributed by atoms with Crippen molar-refractivity contribution in [2.75, 3.05) is 13.1 Å². The van der Waals surface area contributed by atoms with E-state index >= 15 is 0 Å². The molecular formula is C18H22F2N2O4. The highest BCUT2D eigenvalue weighted by molar-refractivity contribution is 5.73. The number of ether oxygens (including phenoxy) is 2. The third-order valence-corrected chi connectivity index (χ3v) is 5.51. The van der Waals surface area contributed by atoms with Crippen molar-refractivity contribution in [2.45, 2.75) is 44.8 Å². The van der Waals surface area contributed by atoms with E-state index in [1.807, 2.05) is 0 Å². The summed E-state index contributed by atoms with van der Waals surface area (Å²) in [5.74, 6) is 0.727. The van der Waals surface area contributed by atoms with Gasteiger partial charge in [0, 0.05) is 32.1 Å². The van der Waals surface area contributed by atoms with Crippen molar-refractivity contribution < 1.29 is 28.2 Å². The number of nitrogens with zero attached hydrogens (tertiary/aromatic N) is 1. The van der Waals surface area contributed by atoms with Gasteiger partial charge >= 0.3 is 6.29 Å². The van der Waals surface area contributed by atoms with Crippen LogP contribution in [0.4, 0.5) is 8.78 Å². The number of likely N-dealkylation sites (tertiary alicyclic amines) is 1. The molecule has 6 nitrogen and oxygen atoms in total. The lowest BCUT2D eigenvalue weighted by Crippen LogP contribution is -2.48. The van der Waals surface area contributed by atoms with E-state index < -0.39 is 12.4 Å². The average Bonchev–Trinajstić information content (AvgIpc) is 3.06. The number of benzene rings is 1. The number of nitrogens with one attached hydrogen (secondary N) is 1. The molecule has 0 spiro atoms. The topological polar surface area (TPSA) is 71.0 Å². The van der Waals surface area contributed by atoms with Gasteiger partial charge in [0.05, 0.1) is 12.1 Å². The van der Waals surface area contributed by atoms with Crippen molar-refractivity contribution in [3.63, 3.8) is 0 Å². The van der Waals surface area contributed by atoms with Crippen LogP contribution < -0.4 is 14.8 Å². The monoisotopic (exact) mass is 368 g/mol. The second kappa shape index (κ2) is 6.35. The van der Waals surface area contributed by atoms with Crippen LogP contribution in [0.15, 0.2) is 18.2 Å². The van der Waals surface area contributed by atoms with Crippen LogP contribution in [-0.2, 0) is 11.3 Å². The van der Waals surface area contributed by atoms with Crippen molar-refractivity contribution in [3.05, 3.63) is 23.8 Å². The Bertz CT molecular complexity index is 714. The molecule has 1 saturated heterocycles. The number of rotatable bonds is 3. The van der Waals surface area contributed by atoms with E-state index in [4.69, 9.17) is 0 Å². The summed E-state index contributed by atoms with van der Waals surface area (Å²) in [5, 5.41) is 13.1. The highest BCUT2D eigenvalue weighted by atomic mass is 19.3. The number of carbonyl (C=O) groups excluding carboxylic acids is 1. The highest BCUT2D eigenvalue weighted by Gasteiger charge is 2.45.